The Morgan fingerprint density at radius 1 is 0.866 bits per heavy atom. The number of para-hydroxylation sites is 1. The molecule has 1 aromatic carbocycles. The van der Waals surface area contributed by atoms with E-state index >= 15 is 0 Å². The van der Waals surface area contributed by atoms with Crippen LogP contribution in [0.25, 0.3) is 10.9 Å². The van der Waals surface area contributed by atoms with Crippen molar-refractivity contribution in [3.05, 3.63) is 36.0 Å². The van der Waals surface area contributed by atoms with Gasteiger partial charge in [-0.3, -0.25) is 43.3 Å². The Morgan fingerprint density at radius 2 is 1.52 bits per heavy atom. The summed E-state index contributed by atoms with van der Waals surface area (Å²) in [6, 6.07) is 4.42. The van der Waals surface area contributed by atoms with Crippen LogP contribution >= 0.6 is 0 Å². The summed E-state index contributed by atoms with van der Waals surface area (Å²) in [4.78, 5) is 136. The van der Waals surface area contributed by atoms with Crippen molar-refractivity contribution in [3.63, 3.8) is 0 Å². The zero-order chi connectivity index (χ0) is 61.2. The quantitative estimate of drug-likeness (QED) is 0.0600. The summed E-state index contributed by atoms with van der Waals surface area (Å²) < 4.78 is 43.9. The Bertz CT molecular complexity index is 2470. The van der Waals surface area contributed by atoms with E-state index in [4.69, 9.17) is 29.0 Å². The average molecular weight is 1170 g/mol. The molecule has 3 aliphatic rings. The molecule has 4 N–H and O–H groups in total. The standard InChI is InChI=1S/C55H86N8O12.C2HF3O2/c1-12-36(6)50(60(9)55(71)48(34(2)3)58-53(69)49(35(4)5)59(8)27-17-13-14-24-47(67)75-63-44(64)25-26-45(63)65)43(72-10)32-46(66)61-28-20-23-42(61)51(73-11)37(7)52(68)57-41(54(70)62-29-18-19-30-74-62)31-38-33-56-40-22-16-15-21-39(38)40;3-2(4,5)1(6)7/h15-16,21-22,33-37,41-43,48-51,56H,12-14,17-20,23-32H2,1-11H3,(H,57,68)(H,58,69);(H,6,7)/t36-,37+,41-,42-,43+,48-,49-,50-,51+;/m0./s1. The topological polar surface area (TPSA) is 267 Å². The maximum atomic E-state index is 14.7. The first kappa shape index (κ1) is 68.3. The van der Waals surface area contributed by atoms with Gasteiger partial charge in [0.1, 0.15) is 12.1 Å². The fourth-order valence-corrected chi connectivity index (χ4v) is 11.0. The number of hydroxylamine groups is 4. The minimum Gasteiger partial charge on any atom is -0.475 e. The number of carbonyl (C=O) groups is 9. The van der Waals surface area contributed by atoms with Crippen molar-refractivity contribution in [2.24, 2.45) is 23.7 Å². The Balaban J connectivity index is 0.00000193. The number of carboxylic acid groups (broad SMARTS) is 1. The first-order valence-corrected chi connectivity index (χ1v) is 28.5. The van der Waals surface area contributed by atoms with E-state index in [0.717, 1.165) is 29.3 Å². The second-order valence-corrected chi connectivity index (χ2v) is 22.3. The predicted octanol–water partition coefficient (Wildman–Crippen LogP) is 5.57. The van der Waals surface area contributed by atoms with E-state index in [2.05, 4.69) is 15.6 Å². The number of amides is 7. The van der Waals surface area contributed by atoms with Crippen LogP contribution in [0.3, 0.4) is 0 Å². The Hall–Kier alpha value is -6.18. The number of carbonyl (C=O) groups excluding carboxylic acids is 8. The molecule has 25 heteroatoms. The highest BCUT2D eigenvalue weighted by atomic mass is 19.4. The Morgan fingerprint density at radius 3 is 2.10 bits per heavy atom. The summed E-state index contributed by atoms with van der Waals surface area (Å²) in [6.45, 7) is 15.3. The molecule has 0 bridgehead atoms. The highest BCUT2D eigenvalue weighted by Crippen LogP contribution is 2.31. The number of likely N-dealkylation sites (tertiary alicyclic amines) is 1. The Kier molecular flexibility index (Phi) is 26.7. The number of fused-ring (bicyclic) bond motifs is 1. The number of benzene rings is 1. The molecule has 2 aromatic rings. The van der Waals surface area contributed by atoms with Crippen LogP contribution in [0.15, 0.2) is 30.5 Å². The molecule has 7 amide bonds. The van der Waals surface area contributed by atoms with Gasteiger partial charge in [0, 0.05) is 77.1 Å². The molecule has 22 nitrogen and oxygen atoms in total. The molecule has 82 heavy (non-hydrogen) atoms. The van der Waals surface area contributed by atoms with Crippen molar-refractivity contribution >= 4 is 64.2 Å². The van der Waals surface area contributed by atoms with Crippen molar-refractivity contribution in [1.29, 1.82) is 0 Å². The first-order valence-electron chi connectivity index (χ1n) is 28.5. The zero-order valence-electron chi connectivity index (χ0n) is 49.4. The van der Waals surface area contributed by atoms with Crippen molar-refractivity contribution in [2.45, 2.75) is 181 Å². The molecular weight excluding hydrogens is 1080 g/mol. The number of carboxylic acids is 1. The number of aromatic amines is 1. The zero-order valence-corrected chi connectivity index (χ0v) is 49.4. The number of alkyl halides is 3. The minimum atomic E-state index is -5.08. The molecule has 0 spiro atoms. The van der Waals surface area contributed by atoms with Crippen LogP contribution in [0.2, 0.25) is 0 Å². The number of hydrogen-bond donors (Lipinski definition) is 4. The molecule has 9 atom stereocenters. The number of halogens is 3. The van der Waals surface area contributed by atoms with Crippen LogP contribution in [-0.4, -0.2) is 191 Å². The fraction of sp³-hybridized carbons (Fsp3) is 0.702. The first-order chi connectivity index (χ1) is 38.7. The normalized spacial score (nSPS) is 18.8. The number of nitrogens with zero attached hydrogens (tertiary/aromatic N) is 5. The SMILES string of the molecule is CC[C@H](C)[C@@H]([C@@H](CC(=O)N1CCC[C@H]1[C@H](OC)[C@@H](C)C(=O)N[C@@H](Cc1c[nH]c2ccccc12)C(=O)N1CCCCO1)OC)N(C)C(=O)[C@@H](NC(=O)[C@H](C(C)C)N(C)CCCCCC(=O)ON1C(=O)CCC1=O)C(C)C.O=C(O)C(F)(F)F. The van der Waals surface area contributed by atoms with Gasteiger partial charge >= 0.3 is 18.1 Å². The monoisotopic (exact) mass is 1160 g/mol. The summed E-state index contributed by atoms with van der Waals surface area (Å²) in [5.41, 5.74) is 1.81. The minimum absolute atomic E-state index is 0.0298. The van der Waals surface area contributed by atoms with Crippen LogP contribution in [0.1, 0.15) is 131 Å². The number of ether oxygens (including phenoxy) is 2. The van der Waals surface area contributed by atoms with Crippen LogP contribution in [-0.2, 0) is 68.7 Å². The predicted molar refractivity (Wildman–Crippen MR) is 294 cm³/mol. The molecule has 3 aliphatic heterocycles. The Labute approximate surface area is 478 Å². The van der Waals surface area contributed by atoms with E-state index in [1.54, 1.807) is 23.8 Å². The van der Waals surface area contributed by atoms with E-state index in [1.165, 1.54) is 19.3 Å². The van der Waals surface area contributed by atoms with E-state index in [-0.39, 0.29) is 79.4 Å². The number of rotatable bonds is 28. The second-order valence-electron chi connectivity index (χ2n) is 22.3. The van der Waals surface area contributed by atoms with Crippen molar-refractivity contribution in [3.8, 4) is 0 Å². The van der Waals surface area contributed by atoms with Gasteiger partial charge in [-0.15, -0.1) is 5.06 Å². The van der Waals surface area contributed by atoms with Gasteiger partial charge in [-0.05, 0) is 81.5 Å². The lowest BCUT2D eigenvalue weighted by molar-refractivity contribution is -0.199. The molecule has 5 rings (SSSR count). The number of unbranched alkanes of at least 4 members (excludes halogenated alkanes) is 2. The van der Waals surface area contributed by atoms with Crippen LogP contribution in [0, 0.1) is 23.7 Å². The number of hydrogen-bond acceptors (Lipinski definition) is 14. The molecule has 460 valence electrons. The van der Waals surface area contributed by atoms with Crippen LogP contribution < -0.4 is 10.6 Å². The molecule has 0 radical (unpaired) electrons. The van der Waals surface area contributed by atoms with Crippen molar-refractivity contribution in [1.82, 2.24) is 40.4 Å². The van der Waals surface area contributed by atoms with Gasteiger partial charge < -0.3 is 44.8 Å². The summed E-state index contributed by atoms with van der Waals surface area (Å²) in [5, 5.41) is 16.1. The lowest BCUT2D eigenvalue weighted by Gasteiger charge is -2.41. The highest BCUT2D eigenvalue weighted by molar-refractivity contribution is 6.01. The average Bonchev–Trinajstić information content (AvgIpc) is 4.18. The molecule has 1 aromatic heterocycles. The largest absolute Gasteiger partial charge is 0.490 e. The molecule has 0 unspecified atom stereocenters. The molecule has 4 heterocycles. The number of H-pyrrole nitrogens is 1. The van der Waals surface area contributed by atoms with E-state index in [0.29, 0.717) is 69.8 Å². The molecule has 3 saturated heterocycles. The van der Waals surface area contributed by atoms with Gasteiger partial charge in [0.15, 0.2) is 0 Å². The smallest absolute Gasteiger partial charge is 0.475 e. The van der Waals surface area contributed by atoms with E-state index < -0.39 is 78.3 Å². The van der Waals surface area contributed by atoms with Crippen molar-refractivity contribution < 1.29 is 80.6 Å². The third-order valence-corrected chi connectivity index (χ3v) is 15.7. The third-order valence-electron chi connectivity index (χ3n) is 15.7. The number of nitrogens with one attached hydrogen (secondary N) is 3. The van der Waals surface area contributed by atoms with Gasteiger partial charge in [-0.25, -0.2) is 14.7 Å². The van der Waals surface area contributed by atoms with Gasteiger partial charge in [-0.2, -0.15) is 13.2 Å². The molecular formula is C57H87F3N8O14. The summed E-state index contributed by atoms with van der Waals surface area (Å²) in [5.74, 6) is -7.22. The molecule has 0 aliphatic carbocycles. The van der Waals surface area contributed by atoms with Crippen molar-refractivity contribution in [2.75, 3.05) is 54.6 Å². The van der Waals surface area contributed by atoms with Crippen LogP contribution in [0.5, 0.6) is 0 Å². The second kappa shape index (κ2) is 32.0. The lowest BCUT2D eigenvalue weighted by Crippen LogP contribution is -2.60. The van der Waals surface area contributed by atoms with Gasteiger partial charge in [0.25, 0.3) is 17.7 Å². The number of imide groups is 1. The maximum Gasteiger partial charge on any atom is 0.490 e. The van der Waals surface area contributed by atoms with Crippen LogP contribution in [0.4, 0.5) is 13.2 Å². The number of aromatic nitrogens is 1. The highest BCUT2D eigenvalue weighted by Gasteiger charge is 2.44. The fourth-order valence-electron chi connectivity index (χ4n) is 11.0. The third kappa shape index (κ3) is 18.7. The molecule has 0 saturated carbocycles. The lowest BCUT2D eigenvalue weighted by atomic mass is 9.89. The summed E-state index contributed by atoms with van der Waals surface area (Å²) in [6.07, 6.45) is 1.01. The van der Waals surface area contributed by atoms with Gasteiger partial charge in [0.2, 0.25) is 23.6 Å². The number of likely N-dealkylation sites (N-methyl/N-ethyl adjacent to an activating group) is 2. The van der Waals surface area contributed by atoms with E-state index in [1.807, 2.05) is 84.0 Å². The molecule has 3 fully saturated rings. The van der Waals surface area contributed by atoms with Gasteiger partial charge in [-0.1, -0.05) is 79.5 Å². The van der Waals surface area contributed by atoms with E-state index in [9.17, 15) is 51.5 Å². The summed E-state index contributed by atoms with van der Waals surface area (Å²) in [7, 11) is 6.63. The summed E-state index contributed by atoms with van der Waals surface area (Å²) >= 11 is 0. The maximum absolute atomic E-state index is 14.7. The van der Waals surface area contributed by atoms with Gasteiger partial charge in [0.05, 0.1) is 49.3 Å². The number of methoxy groups -OCH3 is 2. The number of aliphatic carboxylic acids is 1.